The predicted octanol–water partition coefficient (Wildman–Crippen LogP) is -2.43. The van der Waals surface area contributed by atoms with Crippen LogP contribution in [0.2, 0.25) is 0 Å². The smallest absolute Gasteiger partial charge is 0.550 e. The normalized spacial score (nSPS) is 20.9. The van der Waals surface area contributed by atoms with Crippen molar-refractivity contribution in [3.05, 3.63) is 29.3 Å². The monoisotopic (exact) mass is 299 g/mol. The molecule has 0 bridgehead atoms. The van der Waals surface area contributed by atoms with Crippen molar-refractivity contribution in [3.63, 3.8) is 0 Å². The number of methoxy groups -OCH3 is 1. The van der Waals surface area contributed by atoms with E-state index in [1.165, 1.54) is 0 Å². The maximum Gasteiger partial charge on any atom is 1.00 e. The Morgan fingerprint density at radius 1 is 1.38 bits per heavy atom. The molecule has 1 aromatic carbocycles. The van der Waals surface area contributed by atoms with E-state index in [4.69, 9.17) is 4.74 Å². The molecule has 0 radical (unpaired) electrons. The molecule has 1 aliphatic carbocycles. The minimum absolute atomic E-state index is 0. The van der Waals surface area contributed by atoms with Crippen LogP contribution in [0, 0.1) is 18.8 Å². The van der Waals surface area contributed by atoms with Gasteiger partial charge < -0.3 is 20.0 Å². The molecule has 21 heavy (non-hydrogen) atoms. The van der Waals surface area contributed by atoms with E-state index in [1.807, 2.05) is 32.0 Å². The SMILES string of the molecule is COc1ccc([C@H](C)NC(=O)[C@@H]2C[C@@H]2C(=O)[O-])cc1C.[Na+]. The second kappa shape index (κ2) is 7.29. The molecular formula is C15H18NNaO4. The molecule has 2 rings (SSSR count). The molecule has 0 saturated heterocycles. The Morgan fingerprint density at radius 2 is 2.05 bits per heavy atom. The zero-order chi connectivity index (χ0) is 14.9. The van der Waals surface area contributed by atoms with Crippen LogP contribution in [0.15, 0.2) is 18.2 Å². The van der Waals surface area contributed by atoms with E-state index >= 15 is 0 Å². The number of hydrogen-bond donors (Lipinski definition) is 1. The van der Waals surface area contributed by atoms with Crippen LogP contribution in [0.4, 0.5) is 0 Å². The third-order valence-corrected chi connectivity index (χ3v) is 3.71. The average Bonchev–Trinajstić information content (AvgIpc) is 3.18. The fraction of sp³-hybridized carbons (Fsp3) is 0.467. The van der Waals surface area contributed by atoms with E-state index in [1.54, 1.807) is 7.11 Å². The molecule has 1 saturated carbocycles. The number of aliphatic carboxylic acids is 1. The van der Waals surface area contributed by atoms with Gasteiger partial charge in [0.15, 0.2) is 0 Å². The molecule has 0 spiro atoms. The molecule has 1 N–H and O–H groups in total. The molecule has 3 atom stereocenters. The molecule has 0 aliphatic heterocycles. The quantitative estimate of drug-likeness (QED) is 0.613. The van der Waals surface area contributed by atoms with Crippen LogP contribution < -0.4 is 44.7 Å². The number of amides is 1. The second-order valence-corrected chi connectivity index (χ2v) is 5.23. The third kappa shape index (κ3) is 4.22. The van der Waals surface area contributed by atoms with E-state index in [0.717, 1.165) is 16.9 Å². The molecule has 0 heterocycles. The number of carboxylic acids is 1. The zero-order valence-corrected chi connectivity index (χ0v) is 14.8. The van der Waals surface area contributed by atoms with Crippen LogP contribution in [-0.2, 0) is 9.59 Å². The number of benzene rings is 1. The number of aryl methyl sites for hydroxylation is 1. The Bertz CT molecular complexity index is 546. The van der Waals surface area contributed by atoms with Crippen molar-refractivity contribution in [2.75, 3.05) is 7.11 Å². The van der Waals surface area contributed by atoms with Crippen LogP contribution in [0.1, 0.15) is 30.5 Å². The molecular weight excluding hydrogens is 281 g/mol. The number of carbonyl (C=O) groups is 2. The topological polar surface area (TPSA) is 78.5 Å². The zero-order valence-electron chi connectivity index (χ0n) is 12.8. The Hall–Kier alpha value is -1.04. The van der Waals surface area contributed by atoms with Crippen molar-refractivity contribution in [2.45, 2.75) is 26.3 Å². The maximum absolute atomic E-state index is 11.9. The van der Waals surface area contributed by atoms with Crippen molar-refractivity contribution in [3.8, 4) is 5.75 Å². The van der Waals surface area contributed by atoms with Crippen LogP contribution >= 0.6 is 0 Å². The number of rotatable bonds is 5. The number of carboxylic acid groups (broad SMARTS) is 1. The first-order valence-electron chi connectivity index (χ1n) is 6.59. The summed E-state index contributed by atoms with van der Waals surface area (Å²) in [6, 6.07) is 5.52. The summed E-state index contributed by atoms with van der Waals surface area (Å²) < 4.78 is 5.19. The summed E-state index contributed by atoms with van der Waals surface area (Å²) in [5.41, 5.74) is 1.95. The Morgan fingerprint density at radius 3 is 2.52 bits per heavy atom. The first-order valence-corrected chi connectivity index (χ1v) is 6.59. The van der Waals surface area contributed by atoms with Gasteiger partial charge in [-0.3, -0.25) is 4.79 Å². The maximum atomic E-state index is 11.9. The molecule has 1 fully saturated rings. The summed E-state index contributed by atoms with van der Waals surface area (Å²) in [5.74, 6) is -1.63. The molecule has 0 unspecified atom stereocenters. The third-order valence-electron chi connectivity index (χ3n) is 3.71. The van der Waals surface area contributed by atoms with Gasteiger partial charge in [-0.15, -0.1) is 0 Å². The second-order valence-electron chi connectivity index (χ2n) is 5.23. The molecule has 1 amide bonds. The first kappa shape index (κ1) is 18.0. The summed E-state index contributed by atoms with van der Waals surface area (Å²) in [5, 5.41) is 13.5. The number of carbonyl (C=O) groups excluding carboxylic acids is 2. The van der Waals surface area contributed by atoms with Crippen LogP contribution in [0.3, 0.4) is 0 Å². The first-order chi connectivity index (χ1) is 9.43. The van der Waals surface area contributed by atoms with Gasteiger partial charge in [-0.2, -0.15) is 0 Å². The molecule has 108 valence electrons. The minimum Gasteiger partial charge on any atom is -0.550 e. The summed E-state index contributed by atoms with van der Waals surface area (Å²) in [4.78, 5) is 22.5. The number of ether oxygens (including phenoxy) is 1. The fourth-order valence-corrected chi connectivity index (χ4v) is 2.32. The van der Waals surface area contributed by atoms with Crippen LogP contribution in [0.25, 0.3) is 0 Å². The standard InChI is InChI=1S/C15H19NO4.Na/c1-8-6-10(4-5-13(8)20-3)9(2)16-14(17)11-7-12(11)15(18)19;/h4-6,9,11-12H,7H2,1-3H3,(H,16,17)(H,18,19);/q;+1/p-1/t9-,11+,12-;/m0./s1. The van der Waals surface area contributed by atoms with Gasteiger partial charge in [-0.05, 0) is 37.5 Å². The number of hydrogen-bond acceptors (Lipinski definition) is 4. The molecule has 6 heteroatoms. The molecule has 5 nitrogen and oxygen atoms in total. The minimum atomic E-state index is -1.14. The summed E-state index contributed by atoms with van der Waals surface area (Å²) in [7, 11) is 1.61. The van der Waals surface area contributed by atoms with Crippen molar-refractivity contribution >= 4 is 11.9 Å². The molecule has 1 aromatic rings. The fourth-order valence-electron chi connectivity index (χ4n) is 2.32. The Balaban J connectivity index is 0.00000220. The Labute approximate surface area is 146 Å². The predicted molar refractivity (Wildman–Crippen MR) is 70.9 cm³/mol. The largest absolute Gasteiger partial charge is 1.00 e. The van der Waals surface area contributed by atoms with E-state index in [9.17, 15) is 14.7 Å². The van der Waals surface area contributed by atoms with Crippen molar-refractivity contribution < 1.29 is 49.0 Å². The summed E-state index contributed by atoms with van der Waals surface area (Å²) >= 11 is 0. The number of nitrogens with one attached hydrogen (secondary N) is 1. The van der Waals surface area contributed by atoms with Crippen molar-refractivity contribution in [1.29, 1.82) is 0 Å². The van der Waals surface area contributed by atoms with Crippen molar-refractivity contribution in [1.82, 2.24) is 5.32 Å². The Kier molecular flexibility index (Phi) is 6.25. The van der Waals surface area contributed by atoms with Gasteiger partial charge in [0.05, 0.1) is 13.2 Å². The average molecular weight is 299 g/mol. The van der Waals surface area contributed by atoms with Crippen LogP contribution in [-0.4, -0.2) is 19.0 Å². The van der Waals surface area contributed by atoms with E-state index in [-0.39, 0.29) is 41.5 Å². The van der Waals surface area contributed by atoms with Gasteiger partial charge in [-0.25, -0.2) is 0 Å². The van der Waals surface area contributed by atoms with Gasteiger partial charge in [0.2, 0.25) is 5.91 Å². The van der Waals surface area contributed by atoms with Gasteiger partial charge in [0, 0.05) is 17.8 Å². The van der Waals surface area contributed by atoms with Crippen LogP contribution in [0.5, 0.6) is 5.75 Å². The molecule has 0 aromatic heterocycles. The van der Waals surface area contributed by atoms with E-state index in [0.29, 0.717) is 6.42 Å². The molecule has 1 aliphatic rings. The summed E-state index contributed by atoms with van der Waals surface area (Å²) in [6.07, 6.45) is 0.378. The van der Waals surface area contributed by atoms with E-state index < -0.39 is 17.8 Å². The van der Waals surface area contributed by atoms with Crippen molar-refractivity contribution in [2.24, 2.45) is 11.8 Å². The summed E-state index contributed by atoms with van der Waals surface area (Å²) in [6.45, 7) is 3.81. The van der Waals surface area contributed by atoms with Gasteiger partial charge >= 0.3 is 29.6 Å². The van der Waals surface area contributed by atoms with Gasteiger partial charge in [0.25, 0.3) is 0 Å². The van der Waals surface area contributed by atoms with Gasteiger partial charge in [0.1, 0.15) is 5.75 Å². The van der Waals surface area contributed by atoms with E-state index in [2.05, 4.69) is 5.32 Å². The van der Waals surface area contributed by atoms with Gasteiger partial charge in [-0.1, -0.05) is 12.1 Å².